The Morgan fingerprint density at radius 2 is 1.81 bits per heavy atom. The molecule has 0 saturated carbocycles. The molecule has 0 bridgehead atoms. The van der Waals surface area contributed by atoms with E-state index in [9.17, 15) is 14.7 Å². The van der Waals surface area contributed by atoms with Crippen molar-refractivity contribution >= 4 is 17.1 Å². The Hall–Kier alpha value is -2.13. The van der Waals surface area contributed by atoms with Crippen molar-refractivity contribution in [3.63, 3.8) is 0 Å². The summed E-state index contributed by atoms with van der Waals surface area (Å²) in [6.45, 7) is 5.85. The monoisotopic (exact) mass is 365 g/mol. The summed E-state index contributed by atoms with van der Waals surface area (Å²) in [6.07, 6.45) is 1.34. The highest BCUT2D eigenvalue weighted by Gasteiger charge is 2.25. The highest BCUT2D eigenvalue weighted by molar-refractivity contribution is 5.74. The first kappa shape index (κ1) is 18.7. The van der Waals surface area contributed by atoms with Crippen LogP contribution in [-0.4, -0.2) is 55.7 Å². The third kappa shape index (κ3) is 3.28. The molecule has 0 unspecified atom stereocenters. The van der Waals surface area contributed by atoms with Crippen molar-refractivity contribution in [2.75, 3.05) is 24.6 Å². The second kappa shape index (κ2) is 7.24. The summed E-state index contributed by atoms with van der Waals surface area (Å²) in [4.78, 5) is 31.7. The van der Waals surface area contributed by atoms with Crippen LogP contribution in [0.25, 0.3) is 11.2 Å². The van der Waals surface area contributed by atoms with Gasteiger partial charge in [-0.2, -0.15) is 4.98 Å². The summed E-state index contributed by atoms with van der Waals surface area (Å²) >= 11 is 0. The molecule has 1 atom stereocenters. The molecule has 0 aliphatic carbocycles. The fraction of sp³-hybridized carbons (Fsp3) is 0.706. The first-order valence-corrected chi connectivity index (χ1v) is 9.02. The molecule has 3 rings (SSSR count). The lowest BCUT2D eigenvalue weighted by atomic mass is 10.3. The molecule has 2 aromatic rings. The van der Waals surface area contributed by atoms with Gasteiger partial charge in [-0.05, 0) is 26.7 Å². The van der Waals surface area contributed by atoms with E-state index >= 15 is 0 Å². The van der Waals surface area contributed by atoms with Crippen LogP contribution in [-0.2, 0) is 25.4 Å². The third-order valence-corrected chi connectivity index (χ3v) is 4.73. The number of hydrogen-bond donors (Lipinski definition) is 1. The van der Waals surface area contributed by atoms with E-state index in [1.807, 2.05) is 13.8 Å². The van der Waals surface area contributed by atoms with E-state index in [0.29, 0.717) is 17.1 Å². The average molecular weight is 365 g/mol. The lowest BCUT2D eigenvalue weighted by Crippen LogP contribution is -2.38. The predicted octanol–water partition coefficient (Wildman–Crippen LogP) is -0.180. The zero-order valence-electron chi connectivity index (χ0n) is 15.8. The van der Waals surface area contributed by atoms with Gasteiger partial charge in [-0.1, -0.05) is 0 Å². The summed E-state index contributed by atoms with van der Waals surface area (Å²) in [6, 6.07) is 0. The zero-order chi connectivity index (χ0) is 19.0. The Bertz CT molecular complexity index is 904. The molecule has 3 heterocycles. The molecule has 26 heavy (non-hydrogen) atoms. The molecule has 1 aliphatic heterocycles. The van der Waals surface area contributed by atoms with Crippen molar-refractivity contribution < 1.29 is 9.84 Å². The standard InChI is InChI=1S/C17H27N5O4/c1-11(2)26-10-12(23)9-22-13-14(18-16(22)21-7-5-6-8-21)19(3)17(25)20(4)15(13)24/h11-12,23H,5-10H2,1-4H3/t12-/m1/s1. The van der Waals surface area contributed by atoms with E-state index in [0.717, 1.165) is 30.5 Å². The van der Waals surface area contributed by atoms with Crippen LogP contribution in [0.1, 0.15) is 26.7 Å². The highest BCUT2D eigenvalue weighted by atomic mass is 16.5. The molecule has 1 fully saturated rings. The Balaban J connectivity index is 2.12. The largest absolute Gasteiger partial charge is 0.389 e. The molecule has 144 valence electrons. The summed E-state index contributed by atoms with van der Waals surface area (Å²) in [5.41, 5.74) is -0.140. The number of rotatable bonds is 6. The van der Waals surface area contributed by atoms with Crippen LogP contribution >= 0.6 is 0 Å². The van der Waals surface area contributed by atoms with E-state index in [-0.39, 0.29) is 19.3 Å². The molecule has 0 amide bonds. The normalized spacial score (nSPS) is 16.2. The van der Waals surface area contributed by atoms with Crippen LogP contribution in [0.5, 0.6) is 0 Å². The van der Waals surface area contributed by atoms with Gasteiger partial charge in [-0.3, -0.25) is 13.9 Å². The number of nitrogens with zero attached hydrogens (tertiary/aromatic N) is 5. The number of hydrogen-bond acceptors (Lipinski definition) is 6. The van der Waals surface area contributed by atoms with Crippen LogP contribution in [0.3, 0.4) is 0 Å². The molecule has 1 saturated heterocycles. The van der Waals surface area contributed by atoms with Gasteiger partial charge in [0, 0.05) is 27.2 Å². The number of imidazole rings is 1. The van der Waals surface area contributed by atoms with Crippen molar-refractivity contribution in [2.24, 2.45) is 14.1 Å². The van der Waals surface area contributed by atoms with Crippen LogP contribution in [0.4, 0.5) is 5.95 Å². The summed E-state index contributed by atoms with van der Waals surface area (Å²) in [5, 5.41) is 10.4. The second-order valence-corrected chi connectivity index (χ2v) is 7.13. The van der Waals surface area contributed by atoms with E-state index in [1.54, 1.807) is 11.6 Å². The summed E-state index contributed by atoms with van der Waals surface area (Å²) in [5.74, 6) is 0.624. The van der Waals surface area contributed by atoms with Crippen molar-refractivity contribution in [1.82, 2.24) is 18.7 Å². The van der Waals surface area contributed by atoms with Crippen LogP contribution < -0.4 is 16.1 Å². The lowest BCUT2D eigenvalue weighted by Gasteiger charge is -2.20. The van der Waals surface area contributed by atoms with Gasteiger partial charge in [0.2, 0.25) is 5.95 Å². The minimum Gasteiger partial charge on any atom is -0.389 e. The second-order valence-electron chi connectivity index (χ2n) is 7.13. The fourth-order valence-electron chi connectivity index (χ4n) is 3.33. The zero-order valence-corrected chi connectivity index (χ0v) is 15.8. The molecule has 0 radical (unpaired) electrons. The molecule has 0 spiro atoms. The molecule has 2 aromatic heterocycles. The number of aliphatic hydroxyl groups excluding tert-OH is 1. The van der Waals surface area contributed by atoms with Crippen molar-refractivity contribution in [2.45, 2.75) is 45.4 Å². The maximum absolute atomic E-state index is 12.8. The van der Waals surface area contributed by atoms with Gasteiger partial charge in [-0.25, -0.2) is 4.79 Å². The Morgan fingerprint density at radius 1 is 1.15 bits per heavy atom. The number of anilines is 1. The Kier molecular flexibility index (Phi) is 5.19. The predicted molar refractivity (Wildman–Crippen MR) is 98.8 cm³/mol. The Morgan fingerprint density at radius 3 is 2.42 bits per heavy atom. The first-order valence-electron chi connectivity index (χ1n) is 9.02. The summed E-state index contributed by atoms with van der Waals surface area (Å²) < 4.78 is 9.68. The van der Waals surface area contributed by atoms with Gasteiger partial charge in [0.15, 0.2) is 11.2 Å². The van der Waals surface area contributed by atoms with Crippen LogP contribution in [0.2, 0.25) is 0 Å². The van der Waals surface area contributed by atoms with Gasteiger partial charge in [-0.15, -0.1) is 0 Å². The van der Waals surface area contributed by atoms with Crippen LogP contribution in [0.15, 0.2) is 9.59 Å². The maximum Gasteiger partial charge on any atom is 0.332 e. The van der Waals surface area contributed by atoms with Crippen molar-refractivity contribution in [1.29, 1.82) is 0 Å². The minimum absolute atomic E-state index is 0.0101. The van der Waals surface area contributed by atoms with E-state index in [1.165, 1.54) is 11.6 Å². The molecule has 1 aliphatic rings. The van der Waals surface area contributed by atoms with Gasteiger partial charge in [0.1, 0.15) is 0 Å². The van der Waals surface area contributed by atoms with Gasteiger partial charge >= 0.3 is 5.69 Å². The number of aromatic nitrogens is 4. The molecular formula is C17H27N5O4. The molecule has 9 nitrogen and oxygen atoms in total. The fourth-order valence-corrected chi connectivity index (χ4v) is 3.33. The van der Waals surface area contributed by atoms with Gasteiger partial charge in [0.05, 0.1) is 25.4 Å². The van der Waals surface area contributed by atoms with Gasteiger partial charge in [0.25, 0.3) is 5.56 Å². The lowest BCUT2D eigenvalue weighted by molar-refractivity contribution is -0.000172. The molecule has 0 aromatic carbocycles. The van der Waals surface area contributed by atoms with Gasteiger partial charge < -0.3 is 19.3 Å². The maximum atomic E-state index is 12.8. The van der Waals surface area contributed by atoms with E-state index in [2.05, 4.69) is 9.88 Å². The Labute approximate surface area is 151 Å². The smallest absolute Gasteiger partial charge is 0.332 e. The molecular weight excluding hydrogens is 338 g/mol. The quantitative estimate of drug-likeness (QED) is 0.763. The first-order chi connectivity index (χ1) is 12.3. The third-order valence-electron chi connectivity index (χ3n) is 4.73. The summed E-state index contributed by atoms with van der Waals surface area (Å²) in [7, 11) is 3.06. The minimum atomic E-state index is -0.780. The van der Waals surface area contributed by atoms with Crippen molar-refractivity contribution in [3.05, 3.63) is 20.8 Å². The number of fused-ring (bicyclic) bond motifs is 1. The topological polar surface area (TPSA) is 94.5 Å². The molecule has 9 heteroatoms. The van der Waals surface area contributed by atoms with Crippen molar-refractivity contribution in [3.8, 4) is 0 Å². The average Bonchev–Trinajstić information content (AvgIpc) is 3.24. The van der Waals surface area contributed by atoms with E-state index in [4.69, 9.17) is 4.74 Å². The van der Waals surface area contributed by atoms with E-state index < -0.39 is 17.4 Å². The highest BCUT2D eigenvalue weighted by Crippen LogP contribution is 2.23. The van der Waals surface area contributed by atoms with Crippen LogP contribution in [0, 0.1) is 0 Å². The number of ether oxygens (including phenoxy) is 1. The SMILES string of the molecule is CC(C)OC[C@H](O)Cn1c(N2CCCC2)nc2c1c(=O)n(C)c(=O)n2C. The number of aliphatic hydroxyl groups is 1. The number of aryl methyl sites for hydroxylation is 1. The molecule has 1 N–H and O–H groups in total.